The van der Waals surface area contributed by atoms with Crippen molar-refractivity contribution in [2.24, 2.45) is 0 Å². The number of anilines is 1. The second kappa shape index (κ2) is 7.03. The third-order valence-corrected chi connectivity index (χ3v) is 6.53. The van der Waals surface area contributed by atoms with Crippen LogP contribution in [-0.2, 0) is 15.1 Å². The van der Waals surface area contributed by atoms with E-state index in [1.54, 1.807) is 29.2 Å². The van der Waals surface area contributed by atoms with Gasteiger partial charge in [0.05, 0.1) is 23.2 Å². The van der Waals surface area contributed by atoms with E-state index >= 15 is 0 Å². The van der Waals surface area contributed by atoms with Crippen molar-refractivity contribution in [1.82, 2.24) is 4.90 Å². The molecule has 0 aliphatic carbocycles. The lowest BCUT2D eigenvalue weighted by atomic mass is 9.84. The predicted octanol–water partition coefficient (Wildman–Crippen LogP) is 3.27. The molecule has 8 heteroatoms. The zero-order valence-electron chi connectivity index (χ0n) is 17.0. The fourth-order valence-corrected chi connectivity index (χ4v) is 5.12. The summed E-state index contributed by atoms with van der Waals surface area (Å²) in [5.74, 6) is -0.909. The highest BCUT2D eigenvalue weighted by molar-refractivity contribution is 9.10. The van der Waals surface area contributed by atoms with Crippen molar-refractivity contribution in [2.75, 3.05) is 31.7 Å². The van der Waals surface area contributed by atoms with Crippen LogP contribution in [0, 0.1) is 0 Å². The van der Waals surface area contributed by atoms with Gasteiger partial charge in [0.2, 0.25) is 5.76 Å². The number of ether oxygens (including phenoxy) is 1. The molecule has 5 rings (SSSR count). The molecule has 0 saturated carbocycles. The summed E-state index contributed by atoms with van der Waals surface area (Å²) in [5, 5.41) is 0.314. The van der Waals surface area contributed by atoms with Crippen LogP contribution in [0.25, 0.3) is 11.0 Å². The fourth-order valence-electron chi connectivity index (χ4n) is 4.76. The number of rotatable bonds is 4. The van der Waals surface area contributed by atoms with Crippen molar-refractivity contribution in [3.05, 3.63) is 74.0 Å². The molecule has 3 aromatic rings. The highest BCUT2D eigenvalue weighted by Crippen LogP contribution is 2.52. The molecule has 2 amide bonds. The highest BCUT2D eigenvalue weighted by Gasteiger charge is 2.64. The molecular formula is C23H19BrN2O5. The van der Waals surface area contributed by atoms with Crippen LogP contribution in [0.4, 0.5) is 5.69 Å². The standard InChI is InChI=1S/C23H19BrN2O5/c1-3-25-16-7-5-4-6-15(16)23(22(25)29)18-19(27)14-12-13(24)8-9-17(14)31-20(18)21(28)26(23)10-11-30-2/h4-9,12H,3,10-11H2,1-2H3. The minimum absolute atomic E-state index is 0.0765. The summed E-state index contributed by atoms with van der Waals surface area (Å²) >= 11 is 3.39. The summed E-state index contributed by atoms with van der Waals surface area (Å²) in [6.45, 7) is 2.62. The number of nitrogens with zero attached hydrogens (tertiary/aromatic N) is 2. The smallest absolute Gasteiger partial charge is 0.291 e. The van der Waals surface area contributed by atoms with Crippen molar-refractivity contribution in [3.63, 3.8) is 0 Å². The number of carbonyl (C=O) groups is 2. The Balaban J connectivity index is 1.92. The van der Waals surface area contributed by atoms with Crippen molar-refractivity contribution in [1.29, 1.82) is 0 Å². The van der Waals surface area contributed by atoms with Gasteiger partial charge in [-0.15, -0.1) is 0 Å². The number of hydrogen-bond donors (Lipinski definition) is 0. The Morgan fingerprint density at radius 3 is 2.65 bits per heavy atom. The topological polar surface area (TPSA) is 80.1 Å². The Morgan fingerprint density at radius 2 is 1.90 bits per heavy atom. The molecule has 2 aromatic carbocycles. The first-order chi connectivity index (χ1) is 15.0. The SMILES string of the molecule is CCN1C(=O)C2(c3ccccc31)c1c(oc3ccc(Br)cc3c1=O)C(=O)N2CCOC. The lowest BCUT2D eigenvalue weighted by molar-refractivity contribution is -0.126. The second-order valence-corrected chi connectivity index (χ2v) is 8.42. The van der Waals surface area contributed by atoms with Gasteiger partial charge in [-0.1, -0.05) is 34.1 Å². The van der Waals surface area contributed by atoms with E-state index in [0.29, 0.717) is 33.2 Å². The summed E-state index contributed by atoms with van der Waals surface area (Å²) in [4.78, 5) is 44.3. The average molecular weight is 483 g/mol. The van der Waals surface area contributed by atoms with Crippen LogP contribution in [-0.4, -0.2) is 43.5 Å². The van der Waals surface area contributed by atoms with Gasteiger partial charge in [0, 0.05) is 30.2 Å². The van der Waals surface area contributed by atoms with Gasteiger partial charge in [-0.05, 0) is 31.2 Å². The molecule has 7 nitrogen and oxygen atoms in total. The normalized spacial score (nSPS) is 19.6. The van der Waals surface area contributed by atoms with Crippen molar-refractivity contribution >= 4 is 44.4 Å². The number of benzene rings is 2. The third kappa shape index (κ3) is 2.46. The Hall–Kier alpha value is -2.97. The monoisotopic (exact) mass is 482 g/mol. The van der Waals surface area contributed by atoms with E-state index in [-0.39, 0.29) is 35.8 Å². The molecule has 0 N–H and O–H groups in total. The molecule has 0 bridgehead atoms. The maximum atomic E-state index is 14.0. The molecule has 1 unspecified atom stereocenters. The van der Waals surface area contributed by atoms with E-state index in [0.717, 1.165) is 0 Å². The molecule has 3 heterocycles. The first-order valence-electron chi connectivity index (χ1n) is 9.96. The first kappa shape index (κ1) is 20.0. The predicted molar refractivity (Wildman–Crippen MR) is 118 cm³/mol. The van der Waals surface area contributed by atoms with Gasteiger partial charge in [-0.2, -0.15) is 0 Å². The van der Waals surface area contributed by atoms with Crippen molar-refractivity contribution < 1.29 is 18.7 Å². The summed E-state index contributed by atoms with van der Waals surface area (Å²) in [6.07, 6.45) is 0. The number of amides is 2. The highest BCUT2D eigenvalue weighted by atomic mass is 79.9. The quantitative estimate of drug-likeness (QED) is 0.569. The molecule has 0 radical (unpaired) electrons. The van der Waals surface area contributed by atoms with Crippen LogP contribution in [0.1, 0.15) is 28.6 Å². The number of carbonyl (C=O) groups excluding carboxylic acids is 2. The molecule has 31 heavy (non-hydrogen) atoms. The van der Waals surface area contributed by atoms with Crippen LogP contribution < -0.4 is 10.3 Å². The van der Waals surface area contributed by atoms with Gasteiger partial charge in [-0.3, -0.25) is 14.4 Å². The maximum Gasteiger partial charge on any atom is 0.291 e. The first-order valence-corrected chi connectivity index (χ1v) is 10.7. The van der Waals surface area contributed by atoms with Crippen LogP contribution in [0.2, 0.25) is 0 Å². The molecule has 1 aromatic heterocycles. The number of halogens is 1. The number of likely N-dealkylation sites (N-methyl/N-ethyl adjacent to an activating group) is 1. The molecule has 1 atom stereocenters. The Bertz CT molecular complexity index is 1320. The Kier molecular flexibility index (Phi) is 4.53. The van der Waals surface area contributed by atoms with Crippen LogP contribution in [0.5, 0.6) is 0 Å². The zero-order chi connectivity index (χ0) is 21.9. The van der Waals surface area contributed by atoms with Gasteiger partial charge < -0.3 is 19.0 Å². The van der Waals surface area contributed by atoms with Crippen LogP contribution >= 0.6 is 15.9 Å². The van der Waals surface area contributed by atoms with E-state index in [2.05, 4.69) is 15.9 Å². The number of methoxy groups -OCH3 is 1. The third-order valence-electron chi connectivity index (χ3n) is 6.03. The van der Waals surface area contributed by atoms with Crippen LogP contribution in [0.3, 0.4) is 0 Å². The van der Waals surface area contributed by atoms with Gasteiger partial charge in [0.25, 0.3) is 11.8 Å². The van der Waals surface area contributed by atoms with Gasteiger partial charge in [-0.25, -0.2) is 0 Å². The number of fused-ring (bicyclic) bond motifs is 5. The summed E-state index contributed by atoms with van der Waals surface area (Å²) in [6, 6.07) is 12.3. The average Bonchev–Trinajstić information content (AvgIpc) is 3.17. The van der Waals surface area contributed by atoms with E-state index in [9.17, 15) is 14.4 Å². The van der Waals surface area contributed by atoms with Gasteiger partial charge >= 0.3 is 0 Å². The minimum Gasteiger partial charge on any atom is -0.450 e. The maximum absolute atomic E-state index is 14.0. The van der Waals surface area contributed by atoms with Crippen molar-refractivity contribution in [2.45, 2.75) is 12.5 Å². The summed E-state index contributed by atoms with van der Waals surface area (Å²) in [5.41, 5.74) is -0.289. The lowest BCUT2D eigenvalue weighted by Crippen LogP contribution is -2.54. The molecule has 2 aliphatic heterocycles. The molecule has 1 spiro atoms. The van der Waals surface area contributed by atoms with E-state index < -0.39 is 11.4 Å². The molecule has 158 valence electrons. The van der Waals surface area contributed by atoms with Gasteiger partial charge in [0.15, 0.2) is 11.0 Å². The zero-order valence-corrected chi connectivity index (χ0v) is 18.6. The number of hydrogen-bond acceptors (Lipinski definition) is 5. The largest absolute Gasteiger partial charge is 0.450 e. The van der Waals surface area contributed by atoms with Gasteiger partial charge in [0.1, 0.15) is 5.58 Å². The molecular weight excluding hydrogens is 464 g/mol. The van der Waals surface area contributed by atoms with E-state index in [1.165, 1.54) is 12.0 Å². The lowest BCUT2D eigenvalue weighted by Gasteiger charge is -2.34. The van der Waals surface area contributed by atoms with E-state index in [1.807, 2.05) is 25.1 Å². The summed E-state index contributed by atoms with van der Waals surface area (Å²) in [7, 11) is 1.53. The summed E-state index contributed by atoms with van der Waals surface area (Å²) < 4.78 is 11.9. The van der Waals surface area contributed by atoms with Crippen LogP contribution in [0.15, 0.2) is 56.1 Å². The minimum atomic E-state index is -1.57. The Morgan fingerprint density at radius 1 is 1.13 bits per heavy atom. The number of para-hydroxylation sites is 1. The van der Waals surface area contributed by atoms with Crippen molar-refractivity contribution in [3.8, 4) is 0 Å². The second-order valence-electron chi connectivity index (χ2n) is 7.50. The fraction of sp³-hybridized carbons (Fsp3) is 0.261. The van der Waals surface area contributed by atoms with E-state index in [4.69, 9.17) is 9.15 Å². The molecule has 0 saturated heterocycles. The Labute approximate surface area is 186 Å². The molecule has 0 fully saturated rings. The molecule has 2 aliphatic rings.